The monoisotopic (exact) mass is 377 g/mol. The molecule has 0 aliphatic carbocycles. The lowest BCUT2D eigenvalue weighted by Crippen LogP contribution is -2.35. The molecule has 0 bridgehead atoms. The van der Waals surface area contributed by atoms with Crippen LogP contribution < -0.4 is 16.4 Å². The Morgan fingerprint density at radius 1 is 1.29 bits per heavy atom. The Morgan fingerprint density at radius 2 is 1.95 bits per heavy atom. The number of nitrogens with one attached hydrogen (secondary N) is 2. The number of nitrogens with two attached hydrogens (primary N) is 1. The van der Waals surface area contributed by atoms with Crippen LogP contribution >= 0.6 is 28.3 Å². The molecular weight excluding hydrogens is 358 g/mol. The fourth-order valence-corrected chi connectivity index (χ4v) is 1.96. The zero-order valence-electron chi connectivity index (χ0n) is 11.9. The zero-order valence-corrected chi connectivity index (χ0v) is 14.3. The molecular formula is C14H21BrClN3O2. The van der Waals surface area contributed by atoms with E-state index >= 15 is 0 Å². The molecule has 0 spiro atoms. The maximum absolute atomic E-state index is 11.8. The molecule has 1 atom stereocenters. The van der Waals surface area contributed by atoms with Crippen LogP contribution in [0.5, 0.6) is 0 Å². The summed E-state index contributed by atoms with van der Waals surface area (Å²) in [5.41, 5.74) is 6.16. The van der Waals surface area contributed by atoms with Crippen LogP contribution in [0.2, 0.25) is 0 Å². The van der Waals surface area contributed by atoms with Gasteiger partial charge in [0.2, 0.25) is 5.91 Å². The Labute approximate surface area is 139 Å². The molecule has 0 aromatic heterocycles. The van der Waals surface area contributed by atoms with Crippen molar-refractivity contribution < 1.29 is 9.59 Å². The van der Waals surface area contributed by atoms with Crippen LogP contribution in [0.1, 0.15) is 30.1 Å². The van der Waals surface area contributed by atoms with Crippen molar-refractivity contribution in [2.24, 2.45) is 5.73 Å². The van der Waals surface area contributed by atoms with Crippen molar-refractivity contribution in [1.82, 2.24) is 10.6 Å². The first-order valence-corrected chi connectivity index (χ1v) is 7.34. The van der Waals surface area contributed by atoms with Gasteiger partial charge in [-0.15, -0.1) is 12.4 Å². The Hall–Kier alpha value is -1.11. The summed E-state index contributed by atoms with van der Waals surface area (Å²) in [6.07, 6.45) is 1.08. The molecule has 1 aromatic carbocycles. The normalized spacial score (nSPS) is 11.2. The van der Waals surface area contributed by atoms with Crippen LogP contribution in [-0.2, 0) is 4.79 Å². The van der Waals surface area contributed by atoms with Crippen molar-refractivity contribution in [2.75, 3.05) is 13.1 Å². The van der Waals surface area contributed by atoms with Gasteiger partial charge in [-0.1, -0.05) is 22.0 Å². The fourth-order valence-electron chi connectivity index (χ4n) is 1.56. The zero-order chi connectivity index (χ0) is 15.0. The Bertz CT molecular complexity index is 469. The molecule has 21 heavy (non-hydrogen) atoms. The predicted molar refractivity (Wildman–Crippen MR) is 89.6 cm³/mol. The van der Waals surface area contributed by atoms with Crippen LogP contribution in [0.15, 0.2) is 28.7 Å². The van der Waals surface area contributed by atoms with Gasteiger partial charge in [-0.25, -0.2) is 0 Å². The molecule has 0 fully saturated rings. The van der Waals surface area contributed by atoms with Gasteiger partial charge in [0.1, 0.15) is 0 Å². The first kappa shape index (κ1) is 19.9. The highest BCUT2D eigenvalue weighted by Gasteiger charge is 2.06. The third kappa shape index (κ3) is 8.70. The second-order valence-corrected chi connectivity index (χ2v) is 5.55. The molecule has 4 N–H and O–H groups in total. The van der Waals surface area contributed by atoms with Gasteiger partial charge < -0.3 is 16.4 Å². The molecule has 118 valence electrons. The van der Waals surface area contributed by atoms with Gasteiger partial charge in [-0.05, 0) is 31.5 Å². The van der Waals surface area contributed by atoms with E-state index in [0.29, 0.717) is 31.5 Å². The van der Waals surface area contributed by atoms with Gasteiger partial charge in [-0.3, -0.25) is 9.59 Å². The van der Waals surface area contributed by atoms with E-state index in [0.717, 1.165) is 4.47 Å². The summed E-state index contributed by atoms with van der Waals surface area (Å²) in [6, 6.07) is 7.17. The van der Waals surface area contributed by atoms with Crippen molar-refractivity contribution in [2.45, 2.75) is 25.8 Å². The van der Waals surface area contributed by atoms with E-state index in [-0.39, 0.29) is 30.3 Å². The molecule has 1 aromatic rings. The molecule has 2 amide bonds. The average Bonchev–Trinajstić information content (AvgIpc) is 2.41. The van der Waals surface area contributed by atoms with Crippen molar-refractivity contribution >= 4 is 40.2 Å². The molecule has 0 heterocycles. The smallest absolute Gasteiger partial charge is 0.251 e. The third-order valence-corrected chi connectivity index (χ3v) is 3.14. The van der Waals surface area contributed by atoms with E-state index < -0.39 is 0 Å². The Balaban J connectivity index is 0.00000400. The third-order valence-electron chi connectivity index (χ3n) is 2.65. The first-order chi connectivity index (χ1) is 9.49. The number of carbonyl (C=O) groups excluding carboxylic acids is 2. The number of amides is 2. The molecule has 0 saturated carbocycles. The Kier molecular flexibility index (Phi) is 10.0. The van der Waals surface area contributed by atoms with E-state index in [1.807, 2.05) is 13.0 Å². The molecule has 5 nitrogen and oxygen atoms in total. The van der Waals surface area contributed by atoms with Gasteiger partial charge in [-0.2, -0.15) is 0 Å². The number of hydrogen-bond donors (Lipinski definition) is 3. The average molecular weight is 379 g/mol. The first-order valence-electron chi connectivity index (χ1n) is 6.55. The van der Waals surface area contributed by atoms with Gasteiger partial charge >= 0.3 is 0 Å². The minimum atomic E-state index is -0.156. The predicted octanol–water partition coefficient (Wildman–Crippen LogP) is 1.84. The highest BCUT2D eigenvalue weighted by atomic mass is 79.9. The number of rotatable bonds is 7. The SMILES string of the molecule is CC(N)CCC(=O)NCCNC(=O)c1cccc(Br)c1.Cl. The minimum absolute atomic E-state index is 0. The summed E-state index contributed by atoms with van der Waals surface area (Å²) >= 11 is 3.31. The van der Waals surface area contributed by atoms with Crippen LogP contribution in [0, 0.1) is 0 Å². The van der Waals surface area contributed by atoms with Crippen molar-refractivity contribution in [3.05, 3.63) is 34.3 Å². The summed E-state index contributed by atoms with van der Waals surface area (Å²) in [5, 5.41) is 5.48. The Morgan fingerprint density at radius 3 is 2.57 bits per heavy atom. The van der Waals surface area contributed by atoms with E-state index in [2.05, 4.69) is 26.6 Å². The van der Waals surface area contributed by atoms with Gasteiger partial charge in [0.25, 0.3) is 5.91 Å². The van der Waals surface area contributed by atoms with Gasteiger partial charge in [0.15, 0.2) is 0 Å². The molecule has 0 radical (unpaired) electrons. The summed E-state index contributed by atoms with van der Waals surface area (Å²) in [6.45, 7) is 2.68. The van der Waals surface area contributed by atoms with E-state index in [9.17, 15) is 9.59 Å². The number of halogens is 2. The lowest BCUT2D eigenvalue weighted by atomic mass is 10.2. The lowest BCUT2D eigenvalue weighted by molar-refractivity contribution is -0.121. The quantitative estimate of drug-likeness (QED) is 0.633. The topological polar surface area (TPSA) is 84.2 Å². The summed E-state index contributed by atoms with van der Waals surface area (Å²) in [7, 11) is 0. The van der Waals surface area contributed by atoms with E-state index in [4.69, 9.17) is 5.73 Å². The standard InChI is InChI=1S/C14H20BrN3O2.ClH/c1-10(16)5-6-13(19)17-7-8-18-14(20)11-3-2-4-12(15)9-11;/h2-4,9-10H,5-8,16H2,1H3,(H,17,19)(H,18,20);1H. The minimum Gasteiger partial charge on any atom is -0.354 e. The highest BCUT2D eigenvalue weighted by Crippen LogP contribution is 2.11. The fraction of sp³-hybridized carbons (Fsp3) is 0.429. The van der Waals surface area contributed by atoms with Crippen molar-refractivity contribution in [3.63, 3.8) is 0 Å². The van der Waals surface area contributed by atoms with E-state index in [1.165, 1.54) is 0 Å². The summed E-state index contributed by atoms with van der Waals surface area (Å²) in [4.78, 5) is 23.2. The number of hydrogen-bond acceptors (Lipinski definition) is 3. The summed E-state index contributed by atoms with van der Waals surface area (Å²) in [5.74, 6) is -0.199. The molecule has 0 aliphatic rings. The van der Waals surface area contributed by atoms with Crippen LogP contribution in [0.25, 0.3) is 0 Å². The van der Waals surface area contributed by atoms with Gasteiger partial charge in [0, 0.05) is 35.6 Å². The molecule has 0 aliphatic heterocycles. The van der Waals surface area contributed by atoms with Crippen LogP contribution in [-0.4, -0.2) is 30.9 Å². The highest BCUT2D eigenvalue weighted by molar-refractivity contribution is 9.10. The molecule has 1 unspecified atom stereocenters. The van der Waals surface area contributed by atoms with Gasteiger partial charge in [0.05, 0.1) is 0 Å². The molecule has 1 rings (SSSR count). The second kappa shape index (κ2) is 10.6. The maximum atomic E-state index is 11.8. The van der Waals surface area contributed by atoms with Crippen LogP contribution in [0.4, 0.5) is 0 Å². The van der Waals surface area contributed by atoms with E-state index in [1.54, 1.807) is 18.2 Å². The van der Waals surface area contributed by atoms with Crippen molar-refractivity contribution in [3.8, 4) is 0 Å². The largest absolute Gasteiger partial charge is 0.354 e. The maximum Gasteiger partial charge on any atom is 0.251 e. The van der Waals surface area contributed by atoms with Crippen LogP contribution in [0.3, 0.4) is 0 Å². The number of carbonyl (C=O) groups is 2. The second-order valence-electron chi connectivity index (χ2n) is 4.63. The molecule has 7 heteroatoms. The lowest BCUT2D eigenvalue weighted by Gasteiger charge is -2.08. The van der Waals surface area contributed by atoms with Crippen molar-refractivity contribution in [1.29, 1.82) is 0 Å². The summed E-state index contributed by atoms with van der Waals surface area (Å²) < 4.78 is 0.856. The molecule has 0 saturated heterocycles. The number of benzene rings is 1.